The molecule has 0 spiro atoms. The van der Waals surface area contributed by atoms with E-state index in [4.69, 9.17) is 14.0 Å². The quantitative estimate of drug-likeness (QED) is 0.763. The molecule has 0 aliphatic carbocycles. The molecule has 8 heteroatoms. The van der Waals surface area contributed by atoms with Crippen molar-refractivity contribution in [1.82, 2.24) is 5.32 Å². The average molecular weight is 395 g/mol. The summed E-state index contributed by atoms with van der Waals surface area (Å²) in [6, 6.07) is 3.89. The van der Waals surface area contributed by atoms with E-state index in [1.165, 1.54) is 18.2 Å². The molecule has 0 atom stereocenters. The van der Waals surface area contributed by atoms with Gasteiger partial charge in [0.2, 0.25) is 0 Å². The van der Waals surface area contributed by atoms with Crippen LogP contribution in [0.4, 0.5) is 13.6 Å². The van der Waals surface area contributed by atoms with Crippen LogP contribution in [0.15, 0.2) is 23.7 Å². The van der Waals surface area contributed by atoms with Gasteiger partial charge in [0.1, 0.15) is 5.60 Å². The number of alkyl carbamates (subject to hydrolysis) is 1. The maximum Gasteiger partial charge on any atom is 0.492 e. The summed E-state index contributed by atoms with van der Waals surface area (Å²) in [5, 5.41) is 2.62. The van der Waals surface area contributed by atoms with Gasteiger partial charge in [0.15, 0.2) is 11.6 Å². The van der Waals surface area contributed by atoms with Gasteiger partial charge in [-0.2, -0.15) is 0 Å². The number of carbonyl (C=O) groups excluding carboxylic acids is 1. The Morgan fingerprint density at radius 1 is 1.18 bits per heavy atom. The van der Waals surface area contributed by atoms with E-state index in [-0.39, 0.29) is 12.1 Å². The molecule has 0 unspecified atom stereocenters. The lowest BCUT2D eigenvalue weighted by molar-refractivity contribution is 0.00578. The van der Waals surface area contributed by atoms with Crippen molar-refractivity contribution in [1.29, 1.82) is 0 Å². The zero-order valence-electron chi connectivity index (χ0n) is 17.5. The van der Waals surface area contributed by atoms with Gasteiger partial charge in [-0.25, -0.2) is 13.6 Å². The van der Waals surface area contributed by atoms with Gasteiger partial charge in [-0.1, -0.05) is 18.2 Å². The second-order valence-electron chi connectivity index (χ2n) is 8.81. The second kappa shape index (κ2) is 7.83. The van der Waals surface area contributed by atoms with Crippen LogP contribution < -0.4 is 5.32 Å². The van der Waals surface area contributed by atoms with E-state index in [0.717, 1.165) is 6.07 Å². The van der Waals surface area contributed by atoms with Gasteiger partial charge in [-0.3, -0.25) is 0 Å². The van der Waals surface area contributed by atoms with Crippen molar-refractivity contribution < 1.29 is 27.6 Å². The molecule has 28 heavy (non-hydrogen) atoms. The van der Waals surface area contributed by atoms with Crippen molar-refractivity contribution in [3.63, 3.8) is 0 Å². The Morgan fingerprint density at radius 3 is 2.29 bits per heavy atom. The summed E-state index contributed by atoms with van der Waals surface area (Å²) in [4.78, 5) is 12.0. The Labute approximate surface area is 165 Å². The minimum atomic E-state index is -0.978. The van der Waals surface area contributed by atoms with Crippen LogP contribution >= 0.6 is 0 Å². The summed E-state index contributed by atoms with van der Waals surface area (Å²) in [5.41, 5.74) is -1.43. The molecule has 1 aromatic carbocycles. The third-order valence-corrected chi connectivity index (χ3v) is 4.71. The van der Waals surface area contributed by atoms with E-state index >= 15 is 0 Å². The number of carbonyl (C=O) groups is 1. The number of rotatable bonds is 4. The van der Waals surface area contributed by atoms with Crippen LogP contribution in [-0.4, -0.2) is 36.6 Å². The zero-order valence-corrected chi connectivity index (χ0v) is 17.5. The zero-order chi connectivity index (χ0) is 21.3. The highest BCUT2D eigenvalue weighted by Gasteiger charge is 2.52. The Morgan fingerprint density at radius 2 is 1.75 bits per heavy atom. The summed E-state index contributed by atoms with van der Waals surface area (Å²) < 4.78 is 45.0. The molecule has 154 valence electrons. The molecule has 2 rings (SSSR count). The lowest BCUT2D eigenvalue weighted by Crippen LogP contribution is -2.41. The normalized spacial score (nSPS) is 18.9. The molecule has 1 aliphatic heterocycles. The van der Waals surface area contributed by atoms with Gasteiger partial charge in [-0.15, -0.1) is 0 Å². The number of benzene rings is 1. The number of ether oxygens (including phenoxy) is 1. The van der Waals surface area contributed by atoms with Crippen molar-refractivity contribution in [2.24, 2.45) is 0 Å². The minimum Gasteiger partial charge on any atom is -0.444 e. The van der Waals surface area contributed by atoms with E-state index in [0.29, 0.717) is 5.47 Å². The molecule has 1 aliphatic rings. The van der Waals surface area contributed by atoms with E-state index in [1.54, 1.807) is 20.8 Å². The molecule has 1 saturated heterocycles. The van der Waals surface area contributed by atoms with Crippen LogP contribution in [0.3, 0.4) is 0 Å². The molecule has 1 amide bonds. The van der Waals surface area contributed by atoms with Crippen LogP contribution in [0, 0.1) is 11.6 Å². The maximum absolute atomic E-state index is 14.2. The first kappa shape index (κ1) is 22.4. The third kappa shape index (κ3) is 5.32. The van der Waals surface area contributed by atoms with Gasteiger partial charge < -0.3 is 19.4 Å². The molecular formula is C20H28BF2NO4. The fourth-order valence-electron chi connectivity index (χ4n) is 2.52. The number of nitrogens with one attached hydrogen (secondary N) is 1. The van der Waals surface area contributed by atoms with Crippen molar-refractivity contribution >= 4 is 19.3 Å². The molecule has 0 saturated carbocycles. The fraction of sp³-hybridized carbons (Fsp3) is 0.550. The third-order valence-electron chi connectivity index (χ3n) is 4.71. The Kier molecular flexibility index (Phi) is 6.26. The summed E-state index contributed by atoms with van der Waals surface area (Å²) in [7, 11) is -0.831. The van der Waals surface area contributed by atoms with Crippen molar-refractivity contribution in [2.45, 2.75) is 65.3 Å². The molecule has 1 N–H and O–H groups in total. The van der Waals surface area contributed by atoms with Crippen LogP contribution in [-0.2, 0) is 14.0 Å². The smallest absolute Gasteiger partial charge is 0.444 e. The first-order chi connectivity index (χ1) is 12.7. The topological polar surface area (TPSA) is 56.8 Å². The SMILES string of the molecule is CC(C)(C)OC(=O)NCC(=Cc1cccc(F)c1F)B1OC(C)(C)C(C)(C)O1. The molecule has 0 bridgehead atoms. The van der Waals surface area contributed by atoms with Gasteiger partial charge in [-0.05, 0) is 60.0 Å². The highest BCUT2D eigenvalue weighted by atomic mass is 19.2. The average Bonchev–Trinajstić information content (AvgIpc) is 2.74. The number of hydrogen-bond acceptors (Lipinski definition) is 4. The molecule has 0 aromatic heterocycles. The summed E-state index contributed by atoms with van der Waals surface area (Å²) >= 11 is 0. The Hall–Kier alpha value is -1.93. The highest BCUT2D eigenvalue weighted by Crippen LogP contribution is 2.38. The highest BCUT2D eigenvalue weighted by molar-refractivity contribution is 6.56. The summed E-state index contributed by atoms with van der Waals surface area (Å²) in [6.45, 7) is 12.8. The second-order valence-corrected chi connectivity index (χ2v) is 8.81. The number of hydrogen-bond donors (Lipinski definition) is 1. The first-order valence-electron chi connectivity index (χ1n) is 9.19. The van der Waals surface area contributed by atoms with E-state index in [1.807, 2.05) is 27.7 Å². The predicted molar refractivity (Wildman–Crippen MR) is 105 cm³/mol. The van der Waals surface area contributed by atoms with E-state index < -0.39 is 41.6 Å². The van der Waals surface area contributed by atoms with Crippen LogP contribution in [0.25, 0.3) is 6.08 Å². The molecular weight excluding hydrogens is 367 g/mol. The Balaban J connectivity index is 2.30. The van der Waals surface area contributed by atoms with Gasteiger partial charge in [0.05, 0.1) is 11.2 Å². The fourth-order valence-corrected chi connectivity index (χ4v) is 2.52. The summed E-state index contributed by atoms with van der Waals surface area (Å²) in [6.07, 6.45) is 0.799. The van der Waals surface area contributed by atoms with E-state index in [2.05, 4.69) is 5.32 Å². The van der Waals surface area contributed by atoms with Crippen molar-refractivity contribution in [3.05, 3.63) is 40.9 Å². The number of halogens is 2. The van der Waals surface area contributed by atoms with Crippen LogP contribution in [0.1, 0.15) is 54.0 Å². The molecule has 1 fully saturated rings. The molecule has 5 nitrogen and oxygen atoms in total. The molecule has 1 heterocycles. The first-order valence-corrected chi connectivity index (χ1v) is 9.19. The lowest BCUT2D eigenvalue weighted by atomic mass is 9.77. The monoisotopic (exact) mass is 395 g/mol. The lowest BCUT2D eigenvalue weighted by Gasteiger charge is -2.32. The molecule has 0 radical (unpaired) electrons. The molecule has 1 aromatic rings. The van der Waals surface area contributed by atoms with Crippen LogP contribution in [0.2, 0.25) is 0 Å². The van der Waals surface area contributed by atoms with E-state index in [9.17, 15) is 13.6 Å². The van der Waals surface area contributed by atoms with Crippen molar-refractivity contribution in [2.75, 3.05) is 6.54 Å². The predicted octanol–water partition coefficient (Wildman–Crippen LogP) is 4.50. The van der Waals surface area contributed by atoms with Crippen molar-refractivity contribution in [3.8, 4) is 0 Å². The Bertz CT molecular complexity index is 756. The van der Waals surface area contributed by atoms with Crippen LogP contribution in [0.5, 0.6) is 0 Å². The standard InChI is InChI=1S/C20H28BF2NO4/c1-18(2,3)26-17(25)24-12-14(11-13-9-8-10-15(22)16(13)23)21-27-19(4,5)20(6,7)28-21/h8-11H,12H2,1-7H3,(H,24,25). The maximum atomic E-state index is 14.2. The number of amides is 1. The largest absolute Gasteiger partial charge is 0.492 e. The van der Waals surface area contributed by atoms with Gasteiger partial charge in [0.25, 0.3) is 0 Å². The van der Waals surface area contributed by atoms with Gasteiger partial charge >= 0.3 is 13.2 Å². The van der Waals surface area contributed by atoms with Gasteiger partial charge in [0, 0.05) is 12.1 Å². The minimum absolute atomic E-state index is 0.0122. The summed E-state index contributed by atoms with van der Waals surface area (Å²) in [5.74, 6) is -1.93.